The second-order valence-electron chi connectivity index (χ2n) is 8.02. The van der Waals surface area contributed by atoms with E-state index in [1.54, 1.807) is 18.2 Å². The maximum Gasteiger partial charge on any atom is 0.221 e. The molecule has 29 heavy (non-hydrogen) atoms. The monoisotopic (exact) mass is 415 g/mol. The smallest absolute Gasteiger partial charge is 0.221 e. The molecule has 1 unspecified atom stereocenters. The molecule has 7 heteroatoms. The van der Waals surface area contributed by atoms with Crippen LogP contribution in [0, 0.1) is 5.82 Å². The predicted molar refractivity (Wildman–Crippen MR) is 106 cm³/mol. The fraction of sp³-hybridized carbons (Fsp3) is 0.364. The average Bonchev–Trinajstić information content (AvgIpc) is 3.30. The van der Waals surface area contributed by atoms with Crippen LogP contribution in [0.5, 0.6) is 0 Å². The number of hydrogen-bond acceptors (Lipinski definition) is 4. The molecule has 1 spiro atoms. The summed E-state index contributed by atoms with van der Waals surface area (Å²) < 4.78 is 48.3. The first-order chi connectivity index (χ1) is 13.9. The zero-order chi connectivity index (χ0) is 20.2. The molecule has 3 heterocycles. The van der Waals surface area contributed by atoms with Crippen LogP contribution >= 0.6 is 0 Å². The van der Waals surface area contributed by atoms with Crippen molar-refractivity contribution in [2.45, 2.75) is 48.5 Å². The van der Waals surface area contributed by atoms with Crippen LogP contribution in [0.25, 0.3) is 0 Å². The van der Waals surface area contributed by atoms with Crippen LogP contribution in [0.3, 0.4) is 0 Å². The van der Waals surface area contributed by atoms with Gasteiger partial charge < -0.3 is 9.84 Å². The SMILES string of the molecule is O=S1(=O)[C@H]2C[C@@H]3C=C[C@]2(O3)C(O)[C@@H](Cc2ccccc2)N1Cc1cccc(F)c1. The summed E-state index contributed by atoms with van der Waals surface area (Å²) in [6, 6.07) is 14.7. The summed E-state index contributed by atoms with van der Waals surface area (Å²) in [6.07, 6.45) is 2.92. The van der Waals surface area contributed by atoms with Gasteiger partial charge in [0.15, 0.2) is 0 Å². The fourth-order valence-corrected chi connectivity index (χ4v) is 7.31. The lowest BCUT2D eigenvalue weighted by atomic mass is 9.83. The van der Waals surface area contributed by atoms with E-state index in [1.165, 1.54) is 16.4 Å². The Morgan fingerprint density at radius 3 is 2.62 bits per heavy atom. The molecular weight excluding hydrogens is 393 g/mol. The van der Waals surface area contributed by atoms with E-state index >= 15 is 0 Å². The van der Waals surface area contributed by atoms with Crippen molar-refractivity contribution in [3.63, 3.8) is 0 Å². The molecule has 0 amide bonds. The molecule has 2 aromatic carbocycles. The maximum atomic E-state index is 13.7. The van der Waals surface area contributed by atoms with Crippen molar-refractivity contribution >= 4 is 10.0 Å². The Bertz CT molecular complexity index is 1060. The number of fused-ring (bicyclic) bond motifs is 1. The molecule has 5 nitrogen and oxygen atoms in total. The second kappa shape index (κ2) is 6.74. The Hall–Kier alpha value is -2.06. The van der Waals surface area contributed by atoms with Crippen LogP contribution in [0.4, 0.5) is 4.39 Å². The highest BCUT2D eigenvalue weighted by atomic mass is 32.2. The van der Waals surface area contributed by atoms with Gasteiger partial charge in [-0.2, -0.15) is 4.31 Å². The minimum atomic E-state index is -3.78. The number of sulfonamides is 1. The Morgan fingerprint density at radius 1 is 1.14 bits per heavy atom. The van der Waals surface area contributed by atoms with Gasteiger partial charge in [0.2, 0.25) is 10.0 Å². The van der Waals surface area contributed by atoms with Crippen LogP contribution in [0.2, 0.25) is 0 Å². The fourth-order valence-electron chi connectivity index (χ4n) is 4.92. The predicted octanol–water partition coefficient (Wildman–Crippen LogP) is 2.41. The largest absolute Gasteiger partial charge is 0.388 e. The quantitative estimate of drug-likeness (QED) is 0.779. The lowest BCUT2D eigenvalue weighted by molar-refractivity contribution is -0.0939. The van der Waals surface area contributed by atoms with Crippen molar-refractivity contribution in [2.24, 2.45) is 0 Å². The van der Waals surface area contributed by atoms with E-state index in [1.807, 2.05) is 36.4 Å². The molecule has 2 saturated heterocycles. The molecule has 2 aromatic rings. The van der Waals surface area contributed by atoms with Gasteiger partial charge in [0.1, 0.15) is 22.8 Å². The van der Waals surface area contributed by atoms with Crippen LogP contribution < -0.4 is 0 Å². The number of ether oxygens (including phenoxy) is 1. The van der Waals surface area contributed by atoms with E-state index in [9.17, 15) is 17.9 Å². The van der Waals surface area contributed by atoms with E-state index < -0.39 is 38.8 Å². The van der Waals surface area contributed by atoms with Crippen LogP contribution in [-0.2, 0) is 27.7 Å². The summed E-state index contributed by atoms with van der Waals surface area (Å²) in [5.74, 6) is -0.417. The van der Waals surface area contributed by atoms with Gasteiger partial charge in [0, 0.05) is 6.54 Å². The summed E-state index contributed by atoms with van der Waals surface area (Å²) in [6.45, 7) is 0.00954. The first kappa shape index (κ1) is 18.9. The van der Waals surface area contributed by atoms with E-state index in [4.69, 9.17) is 4.74 Å². The Kier molecular flexibility index (Phi) is 4.40. The molecule has 5 rings (SSSR count). The van der Waals surface area contributed by atoms with Gasteiger partial charge in [-0.1, -0.05) is 54.6 Å². The topological polar surface area (TPSA) is 66.8 Å². The molecule has 3 aliphatic heterocycles. The minimum absolute atomic E-state index is 0.00954. The zero-order valence-electron chi connectivity index (χ0n) is 15.7. The van der Waals surface area contributed by atoms with E-state index in [0.29, 0.717) is 18.4 Å². The van der Waals surface area contributed by atoms with Crippen molar-refractivity contribution in [1.82, 2.24) is 4.31 Å². The number of halogens is 1. The van der Waals surface area contributed by atoms with Crippen molar-refractivity contribution in [1.29, 1.82) is 0 Å². The third kappa shape index (κ3) is 2.95. The van der Waals surface area contributed by atoms with Gasteiger partial charge in [0.25, 0.3) is 0 Å². The first-order valence-corrected chi connectivity index (χ1v) is 11.2. The normalized spacial score (nSPS) is 35.0. The highest BCUT2D eigenvalue weighted by Crippen LogP contribution is 2.50. The number of aliphatic hydroxyl groups excluding tert-OH is 1. The molecule has 0 aliphatic carbocycles. The molecule has 152 valence electrons. The van der Waals surface area contributed by atoms with E-state index in [-0.39, 0.29) is 12.6 Å². The number of aliphatic hydroxyl groups is 1. The van der Waals surface area contributed by atoms with Crippen molar-refractivity contribution in [3.05, 3.63) is 83.7 Å². The van der Waals surface area contributed by atoms with Crippen molar-refractivity contribution < 1.29 is 22.7 Å². The lowest BCUT2D eigenvalue weighted by Crippen LogP contribution is -2.68. The van der Waals surface area contributed by atoms with Gasteiger partial charge in [-0.15, -0.1) is 0 Å². The summed E-state index contributed by atoms with van der Waals surface area (Å²) >= 11 is 0. The Balaban J connectivity index is 1.58. The molecule has 0 radical (unpaired) electrons. The van der Waals surface area contributed by atoms with Gasteiger partial charge >= 0.3 is 0 Å². The average molecular weight is 415 g/mol. The summed E-state index contributed by atoms with van der Waals surface area (Å²) in [7, 11) is -3.78. The Morgan fingerprint density at radius 2 is 1.90 bits per heavy atom. The van der Waals surface area contributed by atoms with E-state index in [2.05, 4.69) is 0 Å². The third-order valence-electron chi connectivity index (χ3n) is 6.27. The van der Waals surface area contributed by atoms with Gasteiger partial charge in [-0.3, -0.25) is 0 Å². The standard InChI is InChI=1S/C22H22FNO4S/c23-17-8-4-7-16(11-17)14-24-19(12-15-5-2-1-3-6-15)21(25)22-10-9-18(28-22)13-20(22)29(24,26)27/h1-11,18-21,25H,12-14H2/t18-,19+,20-,21?,22+/m0/s1. The number of benzene rings is 2. The zero-order valence-corrected chi connectivity index (χ0v) is 16.5. The maximum absolute atomic E-state index is 13.7. The van der Waals surface area contributed by atoms with Crippen LogP contribution in [0.1, 0.15) is 17.5 Å². The number of rotatable bonds is 4. The lowest BCUT2D eigenvalue weighted by Gasteiger charge is -2.49. The molecule has 5 atom stereocenters. The molecule has 2 fully saturated rings. The molecular formula is C22H22FNO4S. The van der Waals surface area contributed by atoms with E-state index in [0.717, 1.165) is 5.56 Å². The first-order valence-electron chi connectivity index (χ1n) is 9.74. The van der Waals surface area contributed by atoms with Gasteiger partial charge in [-0.05, 0) is 36.1 Å². The minimum Gasteiger partial charge on any atom is -0.388 e. The highest BCUT2D eigenvalue weighted by molar-refractivity contribution is 7.89. The molecule has 2 bridgehead atoms. The third-order valence-corrected chi connectivity index (χ3v) is 8.61. The highest BCUT2D eigenvalue weighted by Gasteiger charge is 2.66. The van der Waals surface area contributed by atoms with Crippen molar-refractivity contribution in [2.75, 3.05) is 0 Å². The molecule has 0 aromatic heterocycles. The molecule has 1 N–H and O–H groups in total. The number of hydrogen-bond donors (Lipinski definition) is 1. The van der Waals surface area contributed by atoms with Crippen LogP contribution in [-0.4, -0.2) is 46.9 Å². The van der Waals surface area contributed by atoms with Crippen LogP contribution in [0.15, 0.2) is 66.7 Å². The van der Waals surface area contributed by atoms with Gasteiger partial charge in [0.05, 0.1) is 12.1 Å². The molecule has 3 aliphatic rings. The second-order valence-corrected chi connectivity index (χ2v) is 10.1. The van der Waals surface area contributed by atoms with Crippen molar-refractivity contribution in [3.8, 4) is 0 Å². The molecule has 0 saturated carbocycles. The summed E-state index contributed by atoms with van der Waals surface area (Å²) in [5, 5.41) is 10.5. The summed E-state index contributed by atoms with van der Waals surface area (Å²) in [5.41, 5.74) is 0.262. The Labute approximate surface area is 169 Å². The summed E-state index contributed by atoms with van der Waals surface area (Å²) in [4.78, 5) is 0. The number of nitrogens with zero attached hydrogens (tertiary/aromatic N) is 1. The van der Waals surface area contributed by atoms with Gasteiger partial charge in [-0.25, -0.2) is 12.8 Å².